The molecule has 0 N–H and O–H groups in total. The Morgan fingerprint density at radius 1 is 1.11 bits per heavy atom. The maximum atomic E-state index is 12.9. The molecule has 1 amide bonds. The van der Waals surface area contributed by atoms with Gasteiger partial charge in [0.25, 0.3) is 0 Å². The second kappa shape index (κ2) is 7.15. The zero-order valence-corrected chi connectivity index (χ0v) is 15.7. The summed E-state index contributed by atoms with van der Waals surface area (Å²) in [4.78, 5) is 19.2. The van der Waals surface area contributed by atoms with Crippen LogP contribution in [0, 0.1) is 0 Å². The third-order valence-electron chi connectivity index (χ3n) is 5.81. The van der Waals surface area contributed by atoms with Crippen LogP contribution < -0.4 is 0 Å². The summed E-state index contributed by atoms with van der Waals surface area (Å²) < 4.78 is 7.78. The van der Waals surface area contributed by atoms with Gasteiger partial charge in [0.2, 0.25) is 0 Å². The normalized spacial score (nSPS) is 21.4. The Labute approximate surface area is 164 Å². The van der Waals surface area contributed by atoms with Crippen LogP contribution in [0.15, 0.2) is 67.0 Å². The van der Waals surface area contributed by atoms with Crippen LogP contribution in [-0.4, -0.2) is 32.5 Å². The molecule has 2 aromatic heterocycles. The molecule has 0 spiro atoms. The number of carbonyl (C=O) groups excluding carboxylic acids is 1. The van der Waals surface area contributed by atoms with E-state index in [-0.39, 0.29) is 18.2 Å². The Bertz CT molecular complexity index is 1020. The van der Waals surface area contributed by atoms with Gasteiger partial charge in [-0.2, -0.15) is 0 Å². The Morgan fingerprint density at radius 3 is 2.86 bits per heavy atom. The van der Waals surface area contributed by atoms with Gasteiger partial charge in [0, 0.05) is 18.4 Å². The lowest BCUT2D eigenvalue weighted by molar-refractivity contribution is 0.0510. The predicted octanol–water partition coefficient (Wildman–Crippen LogP) is 4.68. The van der Waals surface area contributed by atoms with E-state index in [9.17, 15) is 4.79 Å². The van der Waals surface area contributed by atoms with Gasteiger partial charge < -0.3 is 9.14 Å². The minimum Gasteiger partial charge on any atom is -0.445 e. The lowest BCUT2D eigenvalue weighted by Crippen LogP contribution is -2.51. The maximum absolute atomic E-state index is 12.9. The van der Waals surface area contributed by atoms with Gasteiger partial charge in [-0.25, -0.2) is 9.78 Å². The monoisotopic (exact) mass is 373 g/mol. The van der Waals surface area contributed by atoms with E-state index >= 15 is 0 Å². The van der Waals surface area contributed by atoms with E-state index in [1.807, 2.05) is 53.7 Å². The van der Waals surface area contributed by atoms with Crippen LogP contribution >= 0.6 is 0 Å². The molecule has 2 bridgehead atoms. The van der Waals surface area contributed by atoms with Gasteiger partial charge in [-0.3, -0.25) is 4.90 Å². The highest BCUT2D eigenvalue weighted by Gasteiger charge is 2.38. The number of fused-ring (bicyclic) bond motifs is 3. The van der Waals surface area contributed by atoms with Crippen LogP contribution in [0.4, 0.5) is 4.79 Å². The van der Waals surface area contributed by atoms with Crippen molar-refractivity contribution in [2.75, 3.05) is 0 Å². The van der Waals surface area contributed by atoms with Gasteiger partial charge in [-0.05, 0) is 49.0 Å². The first kappa shape index (κ1) is 17.0. The number of amides is 1. The molecule has 0 saturated carbocycles. The van der Waals surface area contributed by atoms with Crippen LogP contribution in [0.3, 0.4) is 0 Å². The average Bonchev–Trinajstić information content (AvgIpc) is 3.21. The van der Waals surface area contributed by atoms with Crippen molar-refractivity contribution >= 4 is 17.3 Å². The van der Waals surface area contributed by atoms with Gasteiger partial charge in [0.15, 0.2) is 0 Å². The highest BCUT2D eigenvalue weighted by molar-refractivity contribution is 5.74. The summed E-state index contributed by atoms with van der Waals surface area (Å²) in [6.45, 7) is 0.320. The van der Waals surface area contributed by atoms with Crippen LogP contribution in [0.25, 0.3) is 11.2 Å². The lowest BCUT2D eigenvalue weighted by atomic mass is 9.84. The summed E-state index contributed by atoms with van der Waals surface area (Å²) in [6.07, 6.45) is 9.90. The van der Waals surface area contributed by atoms with E-state index in [1.54, 1.807) is 0 Å². The fourth-order valence-electron chi connectivity index (χ4n) is 4.51. The molecule has 28 heavy (non-hydrogen) atoms. The fourth-order valence-corrected chi connectivity index (χ4v) is 4.51. The van der Waals surface area contributed by atoms with E-state index < -0.39 is 0 Å². The Balaban J connectivity index is 1.39. The molecule has 3 aromatic rings. The van der Waals surface area contributed by atoms with Crippen LogP contribution in [0.1, 0.15) is 36.9 Å². The van der Waals surface area contributed by atoms with E-state index in [4.69, 9.17) is 4.74 Å². The third kappa shape index (κ3) is 3.07. The summed E-state index contributed by atoms with van der Waals surface area (Å²) >= 11 is 0. The number of hydrogen-bond acceptors (Lipinski definition) is 3. The second-order valence-corrected chi connectivity index (χ2v) is 7.56. The molecule has 1 saturated heterocycles. The Morgan fingerprint density at radius 2 is 2.00 bits per heavy atom. The summed E-state index contributed by atoms with van der Waals surface area (Å²) in [7, 11) is 0. The molecule has 1 aromatic carbocycles. The number of imidazole rings is 1. The molecule has 2 aliphatic heterocycles. The molecule has 5 nitrogen and oxygen atoms in total. The first-order chi connectivity index (χ1) is 13.8. The van der Waals surface area contributed by atoms with Gasteiger partial charge in [-0.1, -0.05) is 42.5 Å². The molecule has 5 rings (SSSR count). The number of ether oxygens (including phenoxy) is 1. The van der Waals surface area contributed by atoms with Crippen molar-refractivity contribution in [3.05, 3.63) is 78.3 Å². The van der Waals surface area contributed by atoms with Gasteiger partial charge >= 0.3 is 6.09 Å². The van der Waals surface area contributed by atoms with Crippen molar-refractivity contribution in [2.45, 2.75) is 44.4 Å². The van der Waals surface area contributed by atoms with Crippen molar-refractivity contribution in [1.29, 1.82) is 0 Å². The van der Waals surface area contributed by atoms with Crippen molar-refractivity contribution < 1.29 is 9.53 Å². The van der Waals surface area contributed by atoms with Gasteiger partial charge in [-0.15, -0.1) is 0 Å². The smallest absolute Gasteiger partial charge is 0.410 e. The summed E-state index contributed by atoms with van der Waals surface area (Å²) in [5.74, 6) is 0. The van der Waals surface area contributed by atoms with Crippen molar-refractivity contribution in [3.8, 4) is 0 Å². The molecule has 142 valence electrons. The van der Waals surface area contributed by atoms with Crippen LogP contribution in [0.2, 0.25) is 0 Å². The number of nitrogens with zero attached hydrogens (tertiary/aromatic N) is 3. The number of benzene rings is 1. The number of aromatic nitrogens is 2. The molecule has 0 radical (unpaired) electrons. The van der Waals surface area contributed by atoms with Gasteiger partial charge in [0.05, 0.1) is 11.7 Å². The number of rotatable bonds is 3. The number of pyridine rings is 1. The van der Waals surface area contributed by atoms with Gasteiger partial charge in [0.1, 0.15) is 12.3 Å². The Kier molecular flexibility index (Phi) is 4.35. The standard InChI is InChI=1S/C23H23N3O2/c27-23(28-16-17-6-2-1-3-7-17)26-19-8-4-9-20(26)15-18(14-19)21-10-5-11-22-24-12-13-25(21)22/h1-3,5-7,10-14,19-20H,4,8-9,15-16H2. The minimum atomic E-state index is -0.199. The van der Waals surface area contributed by atoms with Crippen molar-refractivity contribution in [1.82, 2.24) is 14.3 Å². The molecule has 5 heteroatoms. The first-order valence-corrected chi connectivity index (χ1v) is 9.92. The topological polar surface area (TPSA) is 46.8 Å². The molecule has 4 heterocycles. The summed E-state index contributed by atoms with van der Waals surface area (Å²) in [5, 5.41) is 0. The number of carbonyl (C=O) groups is 1. The minimum absolute atomic E-state index is 0.101. The predicted molar refractivity (Wildman–Crippen MR) is 108 cm³/mol. The average molecular weight is 373 g/mol. The fraction of sp³-hybridized carbons (Fsp3) is 0.304. The molecular weight excluding hydrogens is 350 g/mol. The van der Waals surface area contributed by atoms with Crippen molar-refractivity contribution in [2.24, 2.45) is 0 Å². The number of piperidine rings is 1. The summed E-state index contributed by atoms with van der Waals surface area (Å²) in [6, 6.07) is 16.4. The third-order valence-corrected chi connectivity index (χ3v) is 5.81. The van der Waals surface area contributed by atoms with E-state index in [0.29, 0.717) is 6.61 Å². The highest BCUT2D eigenvalue weighted by atomic mass is 16.6. The zero-order chi connectivity index (χ0) is 18.9. The SMILES string of the molecule is O=C(OCc1ccccc1)N1C2C=C(c3cccc4nccn34)CC1CCC2. The zero-order valence-electron chi connectivity index (χ0n) is 15.7. The molecule has 2 aliphatic rings. The second-order valence-electron chi connectivity index (χ2n) is 7.56. The van der Waals surface area contributed by atoms with Crippen molar-refractivity contribution in [3.63, 3.8) is 0 Å². The summed E-state index contributed by atoms with van der Waals surface area (Å²) in [5.41, 5.74) is 4.43. The molecule has 2 atom stereocenters. The van der Waals surface area contributed by atoms with Crippen LogP contribution in [-0.2, 0) is 11.3 Å². The first-order valence-electron chi connectivity index (χ1n) is 9.92. The number of hydrogen-bond donors (Lipinski definition) is 0. The van der Waals surface area contributed by atoms with Crippen LogP contribution in [0.5, 0.6) is 0 Å². The lowest BCUT2D eigenvalue weighted by Gasteiger charge is -2.44. The molecule has 1 fully saturated rings. The quantitative estimate of drug-likeness (QED) is 0.670. The van der Waals surface area contributed by atoms with E-state index in [1.165, 1.54) is 11.3 Å². The van der Waals surface area contributed by atoms with E-state index in [0.717, 1.165) is 36.9 Å². The molecular formula is C23H23N3O2. The molecule has 0 aliphatic carbocycles. The molecule has 2 unspecified atom stereocenters. The highest BCUT2D eigenvalue weighted by Crippen LogP contribution is 2.37. The van der Waals surface area contributed by atoms with E-state index in [2.05, 4.69) is 27.6 Å². The largest absolute Gasteiger partial charge is 0.445 e. The maximum Gasteiger partial charge on any atom is 0.410 e. The Hall–Kier alpha value is -3.08.